The lowest BCUT2D eigenvalue weighted by atomic mass is 10.2. The summed E-state index contributed by atoms with van der Waals surface area (Å²) in [5, 5.41) is 0.498. The number of hydrogen-bond acceptors (Lipinski definition) is 5. The molecule has 1 aliphatic rings. The lowest BCUT2D eigenvalue weighted by Crippen LogP contribution is -2.39. The predicted octanol–water partition coefficient (Wildman–Crippen LogP) is 3.30. The van der Waals surface area contributed by atoms with Gasteiger partial charge in [-0.15, -0.1) is 0 Å². The van der Waals surface area contributed by atoms with Crippen LogP contribution in [0.25, 0.3) is 0 Å². The number of morpholine rings is 1. The summed E-state index contributed by atoms with van der Waals surface area (Å²) >= 11 is 12.2. The van der Waals surface area contributed by atoms with Crippen molar-refractivity contribution in [1.29, 1.82) is 0 Å². The molecule has 28 heavy (non-hydrogen) atoms. The van der Waals surface area contributed by atoms with Crippen LogP contribution in [0.3, 0.4) is 0 Å². The van der Waals surface area contributed by atoms with Gasteiger partial charge in [-0.05, 0) is 48.9 Å². The van der Waals surface area contributed by atoms with Crippen molar-refractivity contribution in [1.82, 2.24) is 14.2 Å². The molecule has 0 bridgehead atoms. The van der Waals surface area contributed by atoms with Gasteiger partial charge in [-0.25, -0.2) is 8.42 Å². The first-order valence-corrected chi connectivity index (χ1v) is 11.3. The zero-order valence-corrected chi connectivity index (χ0v) is 17.8. The fraction of sp³-hybridized carbons (Fsp3) is 0.421. The quantitative estimate of drug-likeness (QED) is 0.625. The Kier molecular flexibility index (Phi) is 7.68. The Balaban J connectivity index is 1.79. The van der Waals surface area contributed by atoms with Crippen molar-refractivity contribution in [2.24, 2.45) is 0 Å². The molecular weight excluding hydrogens is 421 g/mol. The molecule has 0 unspecified atom stereocenters. The first kappa shape index (κ1) is 21.5. The van der Waals surface area contributed by atoms with E-state index in [0.717, 1.165) is 38.4 Å². The van der Waals surface area contributed by atoms with Crippen molar-refractivity contribution in [3.63, 3.8) is 0 Å². The second-order valence-electron chi connectivity index (χ2n) is 6.58. The Morgan fingerprint density at radius 1 is 1.11 bits per heavy atom. The Bertz CT molecular complexity index is 875. The lowest BCUT2D eigenvalue weighted by molar-refractivity contribution is 0.0368. The van der Waals surface area contributed by atoms with Crippen LogP contribution in [0.2, 0.25) is 10.0 Å². The third-order valence-electron chi connectivity index (χ3n) is 4.60. The van der Waals surface area contributed by atoms with Gasteiger partial charge in [0.25, 0.3) is 0 Å². The van der Waals surface area contributed by atoms with Gasteiger partial charge in [0.05, 0.1) is 18.2 Å². The molecule has 2 aromatic rings. The van der Waals surface area contributed by atoms with Crippen LogP contribution in [0, 0.1) is 0 Å². The highest BCUT2D eigenvalue weighted by molar-refractivity contribution is 7.89. The molecule has 0 spiro atoms. The number of halogens is 2. The zero-order valence-electron chi connectivity index (χ0n) is 15.4. The summed E-state index contributed by atoms with van der Waals surface area (Å²) in [4.78, 5) is 6.31. The highest BCUT2D eigenvalue weighted by atomic mass is 35.5. The summed E-state index contributed by atoms with van der Waals surface area (Å²) in [6, 6.07) is 8.11. The average molecular weight is 444 g/mol. The van der Waals surface area contributed by atoms with Gasteiger partial charge in [-0.2, -0.15) is 4.31 Å². The fourth-order valence-electron chi connectivity index (χ4n) is 3.09. The molecule has 9 heteroatoms. The van der Waals surface area contributed by atoms with Crippen LogP contribution in [0.15, 0.2) is 47.6 Å². The van der Waals surface area contributed by atoms with Gasteiger partial charge < -0.3 is 4.74 Å². The summed E-state index contributed by atoms with van der Waals surface area (Å²) in [7, 11) is -3.80. The number of rotatable bonds is 8. The van der Waals surface area contributed by atoms with Crippen LogP contribution in [-0.4, -0.2) is 62.0 Å². The molecule has 3 rings (SSSR count). The average Bonchev–Trinajstić information content (AvgIpc) is 2.70. The highest BCUT2D eigenvalue weighted by Crippen LogP contribution is 2.28. The molecule has 152 valence electrons. The number of ether oxygens (including phenoxy) is 1. The van der Waals surface area contributed by atoms with Crippen molar-refractivity contribution in [3.05, 3.63) is 58.3 Å². The van der Waals surface area contributed by atoms with Crippen LogP contribution in [0.4, 0.5) is 0 Å². The first-order chi connectivity index (χ1) is 13.5. The lowest BCUT2D eigenvalue weighted by Gasteiger charge is -2.28. The van der Waals surface area contributed by atoms with Gasteiger partial charge in [0.15, 0.2) is 0 Å². The van der Waals surface area contributed by atoms with Crippen LogP contribution in [-0.2, 0) is 21.3 Å². The third kappa shape index (κ3) is 5.65. The van der Waals surface area contributed by atoms with Crippen LogP contribution < -0.4 is 0 Å². The molecule has 2 heterocycles. The number of sulfonamides is 1. The van der Waals surface area contributed by atoms with Crippen molar-refractivity contribution in [3.8, 4) is 0 Å². The standard InChI is InChI=1S/C19H23Cl2N3O3S/c20-17-2-3-18(21)19(14-17)28(25,26)24(15-16-4-6-22-7-5-16)9-1-8-23-10-12-27-13-11-23/h2-7,14H,1,8-13,15H2. The van der Waals surface area contributed by atoms with Crippen molar-refractivity contribution in [2.45, 2.75) is 17.9 Å². The maximum Gasteiger partial charge on any atom is 0.244 e. The monoisotopic (exact) mass is 443 g/mol. The Morgan fingerprint density at radius 2 is 1.82 bits per heavy atom. The molecule has 1 aromatic carbocycles. The number of benzene rings is 1. The van der Waals surface area contributed by atoms with Crippen molar-refractivity contribution in [2.75, 3.05) is 39.4 Å². The summed E-state index contributed by atoms with van der Waals surface area (Å²) in [5.74, 6) is 0. The summed E-state index contributed by atoms with van der Waals surface area (Å²) < 4.78 is 33.5. The molecule has 6 nitrogen and oxygen atoms in total. The Labute approximate surface area is 176 Å². The van der Waals surface area contributed by atoms with Crippen LogP contribution >= 0.6 is 23.2 Å². The fourth-order valence-corrected chi connectivity index (χ4v) is 5.29. The molecule has 0 atom stereocenters. The van der Waals surface area contributed by atoms with Gasteiger partial charge >= 0.3 is 0 Å². The van der Waals surface area contributed by atoms with Gasteiger partial charge in [0.1, 0.15) is 4.90 Å². The van der Waals surface area contributed by atoms with E-state index in [4.69, 9.17) is 27.9 Å². The molecule has 0 radical (unpaired) electrons. The molecule has 1 saturated heterocycles. The van der Waals surface area contributed by atoms with Gasteiger partial charge in [-0.1, -0.05) is 23.2 Å². The maximum atomic E-state index is 13.3. The minimum absolute atomic E-state index is 0.0297. The molecule has 0 saturated carbocycles. The Hall–Kier alpha value is -1.22. The number of hydrogen-bond donors (Lipinski definition) is 0. The molecule has 1 fully saturated rings. The van der Waals surface area contributed by atoms with E-state index in [9.17, 15) is 8.42 Å². The van der Waals surface area contributed by atoms with Gasteiger partial charge in [0, 0.05) is 43.6 Å². The van der Waals surface area contributed by atoms with E-state index < -0.39 is 10.0 Å². The molecule has 0 amide bonds. The molecule has 1 aliphatic heterocycles. The molecule has 0 aliphatic carbocycles. The minimum Gasteiger partial charge on any atom is -0.379 e. The predicted molar refractivity (Wildman–Crippen MR) is 110 cm³/mol. The largest absolute Gasteiger partial charge is 0.379 e. The van der Waals surface area contributed by atoms with Crippen LogP contribution in [0.5, 0.6) is 0 Å². The van der Waals surface area contributed by atoms with Gasteiger partial charge in [-0.3, -0.25) is 9.88 Å². The number of nitrogens with zero attached hydrogens (tertiary/aromatic N) is 3. The normalized spacial score (nSPS) is 15.8. The van der Waals surface area contributed by atoms with Crippen molar-refractivity contribution >= 4 is 33.2 Å². The topological polar surface area (TPSA) is 62.7 Å². The molecule has 1 aromatic heterocycles. The second kappa shape index (κ2) is 10.0. The van der Waals surface area contributed by atoms with Crippen LogP contribution in [0.1, 0.15) is 12.0 Å². The molecular formula is C19H23Cl2N3O3S. The summed E-state index contributed by atoms with van der Waals surface area (Å²) in [6.07, 6.45) is 4.02. The van der Waals surface area contributed by atoms with E-state index in [-0.39, 0.29) is 16.5 Å². The summed E-state index contributed by atoms with van der Waals surface area (Å²) in [6.45, 7) is 4.62. The zero-order chi connectivity index (χ0) is 20.0. The summed E-state index contributed by atoms with van der Waals surface area (Å²) in [5.41, 5.74) is 0.864. The Morgan fingerprint density at radius 3 is 2.54 bits per heavy atom. The number of pyridine rings is 1. The second-order valence-corrected chi connectivity index (χ2v) is 9.33. The van der Waals surface area contributed by atoms with E-state index in [1.165, 1.54) is 16.4 Å². The van der Waals surface area contributed by atoms with E-state index in [0.29, 0.717) is 18.0 Å². The number of aromatic nitrogens is 1. The van der Waals surface area contributed by atoms with E-state index in [2.05, 4.69) is 9.88 Å². The van der Waals surface area contributed by atoms with Gasteiger partial charge in [0.2, 0.25) is 10.0 Å². The van der Waals surface area contributed by atoms with E-state index in [1.807, 2.05) is 12.1 Å². The maximum absolute atomic E-state index is 13.3. The highest BCUT2D eigenvalue weighted by Gasteiger charge is 2.27. The smallest absolute Gasteiger partial charge is 0.244 e. The van der Waals surface area contributed by atoms with Crippen molar-refractivity contribution < 1.29 is 13.2 Å². The van der Waals surface area contributed by atoms with E-state index in [1.54, 1.807) is 18.5 Å². The SMILES string of the molecule is O=S(=O)(c1cc(Cl)ccc1Cl)N(CCCN1CCOCC1)Cc1ccncc1. The first-order valence-electron chi connectivity index (χ1n) is 9.11. The van der Waals surface area contributed by atoms with E-state index >= 15 is 0 Å². The minimum atomic E-state index is -3.80. The molecule has 0 N–H and O–H groups in total. The third-order valence-corrected chi connectivity index (χ3v) is 7.17.